The van der Waals surface area contributed by atoms with Crippen LogP contribution in [0, 0.1) is 0 Å². The van der Waals surface area contributed by atoms with Crippen LogP contribution in [-0.4, -0.2) is 16.8 Å². The first-order valence-electron chi connectivity index (χ1n) is 8.94. The fourth-order valence-corrected chi connectivity index (χ4v) is 4.05. The summed E-state index contributed by atoms with van der Waals surface area (Å²) in [6.07, 6.45) is 2.83. The Bertz CT molecular complexity index is 999. The number of carbonyl (C=O) groups is 2. The monoisotopic (exact) mass is 411 g/mol. The molecule has 2 N–H and O–H groups in total. The third-order valence-electron chi connectivity index (χ3n) is 5.01. The van der Waals surface area contributed by atoms with Crippen LogP contribution >= 0.6 is 22.9 Å². The van der Waals surface area contributed by atoms with Crippen LogP contribution in [-0.2, 0) is 5.54 Å². The Labute approximate surface area is 171 Å². The number of rotatable bonds is 5. The summed E-state index contributed by atoms with van der Waals surface area (Å²) in [5.41, 5.74) is 3.96. The van der Waals surface area contributed by atoms with Crippen LogP contribution in [0.1, 0.15) is 45.7 Å². The summed E-state index contributed by atoms with van der Waals surface area (Å²) in [5, 5.41) is 8.28. The van der Waals surface area contributed by atoms with Gasteiger partial charge in [-0.2, -0.15) is 0 Å². The quantitative estimate of drug-likeness (QED) is 0.629. The lowest BCUT2D eigenvalue weighted by atomic mass is 9.71. The van der Waals surface area contributed by atoms with Gasteiger partial charge in [0.05, 0.1) is 11.0 Å². The Hall–Kier alpha value is -2.70. The molecule has 28 heavy (non-hydrogen) atoms. The summed E-state index contributed by atoms with van der Waals surface area (Å²) in [7, 11) is 0. The van der Waals surface area contributed by atoms with E-state index in [1.165, 1.54) is 11.3 Å². The first-order chi connectivity index (χ1) is 13.6. The van der Waals surface area contributed by atoms with E-state index in [2.05, 4.69) is 15.6 Å². The largest absolute Gasteiger partial charge is 0.341 e. The van der Waals surface area contributed by atoms with Crippen molar-refractivity contribution < 1.29 is 9.59 Å². The molecule has 1 aliphatic rings. The number of halogens is 1. The molecule has 0 saturated heterocycles. The first kappa shape index (κ1) is 18.7. The smallest absolute Gasteiger partial charge is 0.271 e. The second-order valence-electron chi connectivity index (χ2n) is 6.81. The van der Waals surface area contributed by atoms with E-state index in [1.807, 2.05) is 24.3 Å². The van der Waals surface area contributed by atoms with Crippen LogP contribution in [0.5, 0.6) is 0 Å². The molecule has 0 atom stereocenters. The Morgan fingerprint density at radius 3 is 2.46 bits per heavy atom. The second kappa shape index (κ2) is 7.73. The molecule has 1 saturated carbocycles. The SMILES string of the molecule is O=C(Nc1ccc(C2(NC(=O)c3cscn3)CCC2)cc1)c1cccc(Cl)c1. The lowest BCUT2D eigenvalue weighted by Gasteiger charge is -2.43. The van der Waals surface area contributed by atoms with E-state index >= 15 is 0 Å². The summed E-state index contributed by atoms with van der Waals surface area (Å²) >= 11 is 7.35. The molecule has 0 bridgehead atoms. The number of thiazole rings is 1. The lowest BCUT2D eigenvalue weighted by molar-refractivity contribution is 0.0818. The van der Waals surface area contributed by atoms with E-state index in [-0.39, 0.29) is 17.4 Å². The standard InChI is InChI=1S/C21H18ClN3O2S/c22-16-4-1-3-14(11-16)19(26)24-17-7-5-15(6-8-17)21(9-2-10-21)25-20(27)18-12-28-13-23-18/h1,3-8,11-13H,2,9-10H2,(H,24,26)(H,25,27). The topological polar surface area (TPSA) is 71.1 Å². The highest BCUT2D eigenvalue weighted by molar-refractivity contribution is 7.07. The van der Waals surface area contributed by atoms with Crippen LogP contribution in [0.2, 0.25) is 5.02 Å². The molecular weight excluding hydrogens is 394 g/mol. The van der Waals surface area contributed by atoms with Gasteiger partial charge in [0.2, 0.25) is 0 Å². The highest BCUT2D eigenvalue weighted by atomic mass is 35.5. The van der Waals surface area contributed by atoms with E-state index in [0.29, 0.717) is 22.0 Å². The molecule has 3 aromatic rings. The van der Waals surface area contributed by atoms with Crippen LogP contribution < -0.4 is 10.6 Å². The molecule has 7 heteroatoms. The summed E-state index contributed by atoms with van der Waals surface area (Å²) < 4.78 is 0. The molecule has 1 aromatic heterocycles. The zero-order chi connectivity index (χ0) is 19.6. The van der Waals surface area contributed by atoms with E-state index in [1.54, 1.807) is 35.2 Å². The minimum atomic E-state index is -0.365. The van der Waals surface area contributed by atoms with Gasteiger partial charge in [-0.25, -0.2) is 4.98 Å². The van der Waals surface area contributed by atoms with Gasteiger partial charge >= 0.3 is 0 Å². The van der Waals surface area contributed by atoms with Gasteiger partial charge in [-0.15, -0.1) is 11.3 Å². The molecule has 0 radical (unpaired) electrons. The third kappa shape index (κ3) is 3.79. The van der Waals surface area contributed by atoms with Crippen LogP contribution in [0.15, 0.2) is 59.4 Å². The minimum absolute atomic E-state index is 0.153. The van der Waals surface area contributed by atoms with Crippen LogP contribution in [0.4, 0.5) is 5.69 Å². The number of benzene rings is 2. The van der Waals surface area contributed by atoms with E-state index in [4.69, 9.17) is 11.6 Å². The normalized spacial score (nSPS) is 14.8. The molecule has 2 aromatic carbocycles. The molecule has 1 fully saturated rings. The minimum Gasteiger partial charge on any atom is -0.341 e. The zero-order valence-electron chi connectivity index (χ0n) is 14.9. The van der Waals surface area contributed by atoms with Gasteiger partial charge in [0.25, 0.3) is 11.8 Å². The predicted octanol–water partition coefficient (Wildman–Crippen LogP) is 4.86. The molecule has 0 unspecified atom stereocenters. The van der Waals surface area contributed by atoms with Gasteiger partial charge < -0.3 is 10.6 Å². The Kier molecular flexibility index (Phi) is 5.15. The van der Waals surface area contributed by atoms with Crippen molar-refractivity contribution >= 4 is 40.4 Å². The number of nitrogens with one attached hydrogen (secondary N) is 2. The molecule has 5 nitrogen and oxygen atoms in total. The van der Waals surface area contributed by atoms with E-state index < -0.39 is 0 Å². The third-order valence-corrected chi connectivity index (χ3v) is 5.83. The van der Waals surface area contributed by atoms with Gasteiger partial charge in [0.15, 0.2) is 0 Å². The number of anilines is 1. The van der Waals surface area contributed by atoms with Gasteiger partial charge in [-0.1, -0.05) is 29.8 Å². The van der Waals surface area contributed by atoms with Crippen LogP contribution in [0.3, 0.4) is 0 Å². The summed E-state index contributed by atoms with van der Waals surface area (Å²) in [5.74, 6) is -0.371. The number of hydrogen-bond acceptors (Lipinski definition) is 4. The molecule has 0 aliphatic heterocycles. The fourth-order valence-electron chi connectivity index (χ4n) is 3.33. The second-order valence-corrected chi connectivity index (χ2v) is 7.96. The predicted molar refractivity (Wildman–Crippen MR) is 111 cm³/mol. The number of aromatic nitrogens is 1. The Morgan fingerprint density at radius 2 is 1.86 bits per heavy atom. The molecular formula is C21H18ClN3O2S. The number of hydrogen-bond donors (Lipinski definition) is 2. The van der Waals surface area contributed by atoms with Crippen molar-refractivity contribution in [1.82, 2.24) is 10.3 Å². The average molecular weight is 412 g/mol. The number of amides is 2. The summed E-state index contributed by atoms with van der Waals surface area (Å²) in [6.45, 7) is 0. The molecule has 4 rings (SSSR count). The van der Waals surface area contributed by atoms with Crippen molar-refractivity contribution in [2.24, 2.45) is 0 Å². The van der Waals surface area contributed by atoms with Crippen molar-refractivity contribution in [2.75, 3.05) is 5.32 Å². The van der Waals surface area contributed by atoms with Crippen molar-refractivity contribution in [3.63, 3.8) is 0 Å². The van der Waals surface area contributed by atoms with Gasteiger partial charge in [0.1, 0.15) is 5.69 Å². The first-order valence-corrected chi connectivity index (χ1v) is 10.3. The van der Waals surface area contributed by atoms with E-state index in [0.717, 1.165) is 24.8 Å². The molecule has 2 amide bonds. The maximum Gasteiger partial charge on any atom is 0.271 e. The highest BCUT2D eigenvalue weighted by Gasteiger charge is 2.40. The molecule has 142 valence electrons. The van der Waals surface area contributed by atoms with Crippen LogP contribution in [0.25, 0.3) is 0 Å². The maximum atomic E-state index is 12.4. The van der Waals surface area contributed by atoms with Gasteiger partial charge in [-0.05, 0) is 55.2 Å². The van der Waals surface area contributed by atoms with E-state index in [9.17, 15) is 9.59 Å². The lowest BCUT2D eigenvalue weighted by Crippen LogP contribution is -2.50. The summed E-state index contributed by atoms with van der Waals surface area (Å²) in [4.78, 5) is 28.9. The molecule has 1 heterocycles. The van der Waals surface area contributed by atoms with Crippen molar-refractivity contribution in [3.8, 4) is 0 Å². The highest BCUT2D eigenvalue weighted by Crippen LogP contribution is 2.41. The fraction of sp³-hybridized carbons (Fsp3) is 0.190. The van der Waals surface area contributed by atoms with Crippen molar-refractivity contribution in [3.05, 3.63) is 81.3 Å². The molecule has 0 spiro atoms. The average Bonchev–Trinajstić information content (AvgIpc) is 3.20. The Balaban J connectivity index is 1.47. The summed E-state index contributed by atoms with van der Waals surface area (Å²) in [6, 6.07) is 14.4. The van der Waals surface area contributed by atoms with Gasteiger partial charge in [0, 0.05) is 21.7 Å². The van der Waals surface area contributed by atoms with Gasteiger partial charge in [-0.3, -0.25) is 9.59 Å². The maximum absolute atomic E-state index is 12.4. The van der Waals surface area contributed by atoms with Crippen molar-refractivity contribution in [1.29, 1.82) is 0 Å². The number of carbonyl (C=O) groups excluding carboxylic acids is 2. The molecule has 1 aliphatic carbocycles. The Morgan fingerprint density at radius 1 is 1.07 bits per heavy atom. The van der Waals surface area contributed by atoms with Crippen molar-refractivity contribution in [2.45, 2.75) is 24.8 Å². The number of nitrogens with zero attached hydrogens (tertiary/aromatic N) is 1. The zero-order valence-corrected chi connectivity index (χ0v) is 16.5.